The van der Waals surface area contributed by atoms with Crippen LogP contribution in [0.2, 0.25) is 0 Å². The van der Waals surface area contributed by atoms with E-state index >= 15 is 0 Å². The first kappa shape index (κ1) is 29.5. The summed E-state index contributed by atoms with van der Waals surface area (Å²) in [6, 6.07) is 9.64. The van der Waals surface area contributed by atoms with Crippen LogP contribution >= 0.6 is 11.3 Å². The Morgan fingerprint density at radius 1 is 0.881 bits per heavy atom. The number of benzene rings is 2. The van der Waals surface area contributed by atoms with Crippen LogP contribution in [-0.2, 0) is 32.1 Å². The fourth-order valence-electron chi connectivity index (χ4n) is 4.88. The van der Waals surface area contributed by atoms with Crippen molar-refractivity contribution < 1.29 is 43.6 Å². The molecule has 5 rings (SSSR count). The van der Waals surface area contributed by atoms with Crippen LogP contribution in [0.25, 0.3) is 0 Å². The first-order valence-corrected chi connectivity index (χ1v) is 14.0. The van der Waals surface area contributed by atoms with Crippen molar-refractivity contribution in [2.75, 3.05) is 0 Å². The van der Waals surface area contributed by atoms with E-state index in [1.165, 1.54) is 36.5 Å². The predicted molar refractivity (Wildman–Crippen MR) is 153 cm³/mol. The summed E-state index contributed by atoms with van der Waals surface area (Å²) in [5.41, 5.74) is 2.75. The molecule has 0 radical (unpaired) electrons. The number of amides is 3. The molecule has 3 atom stereocenters. The fraction of sp³-hybridized carbons (Fsp3) is 0.259. The van der Waals surface area contributed by atoms with Crippen LogP contribution in [0, 0.1) is 0 Å². The van der Waals surface area contributed by atoms with Gasteiger partial charge in [-0.25, -0.2) is 0 Å². The van der Waals surface area contributed by atoms with Gasteiger partial charge in [0, 0.05) is 16.0 Å². The van der Waals surface area contributed by atoms with Crippen LogP contribution in [-0.4, -0.2) is 65.2 Å². The second kappa shape index (κ2) is 12.5. The van der Waals surface area contributed by atoms with Crippen LogP contribution in [0.4, 0.5) is 0 Å². The SMILES string of the molecule is C[C@H](NC(=O)c1ccc2c(c1)B(O)OC2)[C@H](NC(=O)c1ccc2c(c1)B(O)OC2)C(=O)NC(CC(=O)O)c1cccs1. The minimum absolute atomic E-state index is 0.155. The molecule has 3 aromatic rings. The predicted octanol–water partition coefficient (Wildman–Crippen LogP) is -0.567. The molecule has 216 valence electrons. The minimum atomic E-state index is -1.32. The fourth-order valence-corrected chi connectivity index (χ4v) is 5.65. The zero-order chi connectivity index (χ0) is 30.0. The molecule has 0 aliphatic carbocycles. The Bertz CT molecular complexity index is 1520. The van der Waals surface area contributed by atoms with E-state index in [0.717, 1.165) is 11.1 Å². The number of carboxylic acid groups (broad SMARTS) is 1. The van der Waals surface area contributed by atoms with Gasteiger partial charge in [0.2, 0.25) is 5.91 Å². The van der Waals surface area contributed by atoms with Crippen molar-refractivity contribution in [2.45, 2.75) is 44.7 Å². The Labute approximate surface area is 245 Å². The quantitative estimate of drug-likeness (QED) is 0.168. The standard InChI is InChI=1S/C27H27B2N3O9S/c1-14(30-25(35)15-4-6-17-12-40-28(38)19(17)9-15)24(27(37)31-21(11-23(33)34)22-3-2-8-42-22)32-26(36)16-5-7-18-13-41-29(39)20(18)10-16/h2-10,14,21,24,38-39H,11-13H2,1H3,(H,30,35)(H,31,37)(H,32,36)(H,33,34)/t14-,21?,24-/m0/s1. The van der Waals surface area contributed by atoms with Gasteiger partial charge in [0.05, 0.1) is 31.7 Å². The molecule has 0 fully saturated rings. The Kier molecular flexibility index (Phi) is 8.75. The summed E-state index contributed by atoms with van der Waals surface area (Å²) >= 11 is 1.27. The number of carbonyl (C=O) groups excluding carboxylic acids is 3. The summed E-state index contributed by atoms with van der Waals surface area (Å²) in [5.74, 6) is -3.05. The number of carboxylic acids is 1. The lowest BCUT2D eigenvalue weighted by Crippen LogP contribution is -2.58. The zero-order valence-electron chi connectivity index (χ0n) is 22.4. The van der Waals surface area contributed by atoms with Gasteiger partial charge in [-0.2, -0.15) is 0 Å². The van der Waals surface area contributed by atoms with Crippen molar-refractivity contribution in [3.05, 3.63) is 81.0 Å². The van der Waals surface area contributed by atoms with Crippen molar-refractivity contribution in [2.24, 2.45) is 0 Å². The van der Waals surface area contributed by atoms with Crippen molar-refractivity contribution in [1.82, 2.24) is 16.0 Å². The highest BCUT2D eigenvalue weighted by Crippen LogP contribution is 2.22. The normalized spacial score (nSPS) is 15.8. The van der Waals surface area contributed by atoms with Crippen LogP contribution < -0.4 is 26.9 Å². The third-order valence-electron chi connectivity index (χ3n) is 7.15. The van der Waals surface area contributed by atoms with E-state index < -0.39 is 62.5 Å². The summed E-state index contributed by atoms with van der Waals surface area (Å²) in [6.07, 6.45) is -0.393. The van der Waals surface area contributed by atoms with E-state index in [0.29, 0.717) is 15.8 Å². The molecule has 6 N–H and O–H groups in total. The molecule has 2 aliphatic rings. The molecule has 0 bridgehead atoms. The second-order valence-electron chi connectivity index (χ2n) is 10.0. The molecular formula is C27H27B2N3O9S. The molecule has 42 heavy (non-hydrogen) atoms. The molecule has 3 amide bonds. The summed E-state index contributed by atoms with van der Waals surface area (Å²) in [6.45, 7) is 1.95. The van der Waals surface area contributed by atoms with E-state index in [4.69, 9.17) is 9.31 Å². The van der Waals surface area contributed by atoms with Gasteiger partial charge in [0.15, 0.2) is 0 Å². The maximum absolute atomic E-state index is 13.6. The Morgan fingerprint density at radius 3 is 1.98 bits per heavy atom. The van der Waals surface area contributed by atoms with E-state index in [1.54, 1.807) is 35.7 Å². The minimum Gasteiger partial charge on any atom is -0.481 e. The van der Waals surface area contributed by atoms with Gasteiger partial charge in [0.1, 0.15) is 6.04 Å². The van der Waals surface area contributed by atoms with E-state index in [9.17, 15) is 34.3 Å². The second-order valence-corrected chi connectivity index (χ2v) is 11.0. The van der Waals surface area contributed by atoms with Gasteiger partial charge in [-0.05, 0) is 64.7 Å². The molecule has 2 aromatic carbocycles. The van der Waals surface area contributed by atoms with Gasteiger partial charge in [0.25, 0.3) is 11.8 Å². The highest BCUT2D eigenvalue weighted by Gasteiger charge is 2.34. The molecule has 1 unspecified atom stereocenters. The number of carbonyl (C=O) groups is 4. The van der Waals surface area contributed by atoms with Crippen molar-refractivity contribution in [1.29, 1.82) is 0 Å². The van der Waals surface area contributed by atoms with Crippen LogP contribution in [0.5, 0.6) is 0 Å². The average molecular weight is 591 g/mol. The monoisotopic (exact) mass is 591 g/mol. The Hall–Kier alpha value is -4.01. The highest BCUT2D eigenvalue weighted by molar-refractivity contribution is 7.10. The molecule has 3 heterocycles. The zero-order valence-corrected chi connectivity index (χ0v) is 23.2. The number of rotatable bonds is 10. The van der Waals surface area contributed by atoms with Crippen LogP contribution in [0.15, 0.2) is 53.9 Å². The summed E-state index contributed by atoms with van der Waals surface area (Å²) < 4.78 is 10.4. The number of thiophene rings is 1. The topological polar surface area (TPSA) is 184 Å². The highest BCUT2D eigenvalue weighted by atomic mass is 32.1. The van der Waals surface area contributed by atoms with E-state index in [-0.39, 0.29) is 24.3 Å². The first-order valence-electron chi connectivity index (χ1n) is 13.1. The lowest BCUT2D eigenvalue weighted by Gasteiger charge is -2.27. The molecular weight excluding hydrogens is 564 g/mol. The van der Waals surface area contributed by atoms with Crippen molar-refractivity contribution >= 4 is 60.2 Å². The van der Waals surface area contributed by atoms with E-state index in [2.05, 4.69) is 16.0 Å². The number of aliphatic carboxylic acids is 1. The molecule has 15 heteroatoms. The molecule has 0 saturated heterocycles. The third kappa shape index (κ3) is 6.40. The number of fused-ring (bicyclic) bond motifs is 2. The molecule has 1 aromatic heterocycles. The number of hydrogen-bond donors (Lipinski definition) is 6. The maximum atomic E-state index is 13.6. The molecule has 2 aliphatic heterocycles. The summed E-state index contributed by atoms with van der Waals surface area (Å²) in [7, 11) is -2.33. The van der Waals surface area contributed by atoms with Crippen molar-refractivity contribution in [3.8, 4) is 0 Å². The lowest BCUT2D eigenvalue weighted by molar-refractivity contribution is -0.137. The first-order chi connectivity index (χ1) is 20.1. The summed E-state index contributed by atoms with van der Waals surface area (Å²) in [5, 5.41) is 39.3. The van der Waals surface area contributed by atoms with Gasteiger partial charge in [-0.1, -0.05) is 18.2 Å². The molecule has 0 saturated carbocycles. The average Bonchev–Trinajstić information content (AvgIpc) is 3.71. The van der Waals surface area contributed by atoms with E-state index in [1.807, 2.05) is 0 Å². The van der Waals surface area contributed by atoms with Crippen molar-refractivity contribution in [3.63, 3.8) is 0 Å². The number of nitrogens with one attached hydrogen (secondary N) is 3. The van der Waals surface area contributed by atoms with Crippen LogP contribution in [0.3, 0.4) is 0 Å². The van der Waals surface area contributed by atoms with Gasteiger partial charge in [-0.3, -0.25) is 19.2 Å². The lowest BCUT2D eigenvalue weighted by atomic mass is 9.78. The maximum Gasteiger partial charge on any atom is 0.491 e. The smallest absolute Gasteiger partial charge is 0.481 e. The molecule has 0 spiro atoms. The van der Waals surface area contributed by atoms with Gasteiger partial charge in [-0.15, -0.1) is 11.3 Å². The molecule has 12 nitrogen and oxygen atoms in total. The number of hydrogen-bond acceptors (Lipinski definition) is 9. The largest absolute Gasteiger partial charge is 0.491 e. The Morgan fingerprint density at radius 2 is 1.45 bits per heavy atom. The van der Waals surface area contributed by atoms with Gasteiger partial charge >= 0.3 is 20.2 Å². The van der Waals surface area contributed by atoms with Crippen LogP contribution in [0.1, 0.15) is 56.1 Å². The Balaban J connectivity index is 1.38. The van der Waals surface area contributed by atoms with Gasteiger partial charge < -0.3 is 40.4 Å². The summed E-state index contributed by atoms with van der Waals surface area (Å²) in [4.78, 5) is 52.3. The third-order valence-corrected chi connectivity index (χ3v) is 8.14.